The summed E-state index contributed by atoms with van der Waals surface area (Å²) >= 11 is 17.9. The Morgan fingerprint density at radius 2 is 1.65 bits per heavy atom. The Morgan fingerprint density at radius 1 is 0.968 bits per heavy atom. The molecule has 6 nitrogen and oxygen atoms in total. The summed E-state index contributed by atoms with van der Waals surface area (Å²) in [6.45, 7) is -0.223. The second-order valence-electron chi connectivity index (χ2n) is 6.68. The molecular formula is C21H15Cl3N2O4S. The van der Waals surface area contributed by atoms with E-state index in [1.807, 2.05) is 0 Å². The second-order valence-corrected chi connectivity index (χ2v) is 9.82. The van der Waals surface area contributed by atoms with Crippen LogP contribution < -0.4 is 14.4 Å². The molecule has 0 unspecified atom stereocenters. The summed E-state index contributed by atoms with van der Waals surface area (Å²) in [5.74, 6) is -0.274. The standard InChI is InChI=1S/C21H15Cl3N2O4S/c22-13-5-8-15(9-6-13)31(28,29)26-12-20(30-19-4-2-1-3-18(19)26)21(27)25-17-10-7-14(23)11-16(17)24/h1-11,20H,12H2,(H,25,27)/t20-/m0/s1. The third-order valence-electron chi connectivity index (χ3n) is 4.62. The van der Waals surface area contributed by atoms with Crippen LogP contribution >= 0.6 is 34.8 Å². The van der Waals surface area contributed by atoms with Gasteiger partial charge in [-0.3, -0.25) is 9.10 Å². The number of carbonyl (C=O) groups is 1. The quantitative estimate of drug-likeness (QED) is 0.535. The number of fused-ring (bicyclic) bond motifs is 1. The third-order valence-corrected chi connectivity index (χ3v) is 7.21. The molecule has 1 aliphatic rings. The van der Waals surface area contributed by atoms with Crippen molar-refractivity contribution in [3.05, 3.63) is 81.8 Å². The van der Waals surface area contributed by atoms with Crippen molar-refractivity contribution >= 4 is 62.1 Å². The molecule has 1 N–H and O–H groups in total. The first-order valence-electron chi connectivity index (χ1n) is 9.05. The van der Waals surface area contributed by atoms with Gasteiger partial charge < -0.3 is 10.1 Å². The van der Waals surface area contributed by atoms with Crippen LogP contribution in [0, 0.1) is 0 Å². The lowest BCUT2D eigenvalue weighted by Crippen LogP contribution is -2.48. The zero-order valence-electron chi connectivity index (χ0n) is 15.8. The molecule has 0 aliphatic carbocycles. The molecule has 0 spiro atoms. The lowest BCUT2D eigenvalue weighted by molar-refractivity contribution is -0.122. The van der Waals surface area contributed by atoms with Crippen LogP contribution in [-0.4, -0.2) is 27.0 Å². The van der Waals surface area contributed by atoms with Crippen molar-refractivity contribution in [1.29, 1.82) is 0 Å². The van der Waals surface area contributed by atoms with Crippen LogP contribution in [0.15, 0.2) is 71.6 Å². The number of ether oxygens (including phenoxy) is 1. The van der Waals surface area contributed by atoms with E-state index in [2.05, 4.69) is 5.32 Å². The zero-order valence-corrected chi connectivity index (χ0v) is 18.8. The van der Waals surface area contributed by atoms with Crippen LogP contribution in [0.4, 0.5) is 11.4 Å². The van der Waals surface area contributed by atoms with E-state index >= 15 is 0 Å². The van der Waals surface area contributed by atoms with Gasteiger partial charge in [0.1, 0.15) is 5.75 Å². The van der Waals surface area contributed by atoms with E-state index in [0.29, 0.717) is 21.4 Å². The molecule has 4 rings (SSSR count). The molecule has 1 heterocycles. The molecule has 0 saturated heterocycles. The van der Waals surface area contributed by atoms with E-state index in [9.17, 15) is 13.2 Å². The lowest BCUT2D eigenvalue weighted by Gasteiger charge is -2.34. The van der Waals surface area contributed by atoms with Gasteiger partial charge in [-0.2, -0.15) is 0 Å². The van der Waals surface area contributed by atoms with Crippen molar-refractivity contribution in [3.8, 4) is 5.75 Å². The number of para-hydroxylation sites is 2. The van der Waals surface area contributed by atoms with Gasteiger partial charge in [0.25, 0.3) is 15.9 Å². The summed E-state index contributed by atoms with van der Waals surface area (Å²) in [4.78, 5) is 13.0. The second kappa shape index (κ2) is 8.59. The normalized spacial score (nSPS) is 15.7. The first-order chi connectivity index (χ1) is 14.8. The average molecular weight is 498 g/mol. The minimum absolute atomic E-state index is 0.0495. The molecule has 0 fully saturated rings. The predicted octanol–water partition coefficient (Wildman–Crippen LogP) is 5.24. The van der Waals surface area contributed by atoms with Crippen molar-refractivity contribution in [3.63, 3.8) is 0 Å². The third kappa shape index (κ3) is 4.45. The highest BCUT2D eigenvalue weighted by molar-refractivity contribution is 7.92. The number of nitrogens with one attached hydrogen (secondary N) is 1. The number of amides is 1. The van der Waals surface area contributed by atoms with Crippen molar-refractivity contribution in [2.45, 2.75) is 11.0 Å². The number of anilines is 2. The van der Waals surface area contributed by atoms with Gasteiger partial charge in [0.2, 0.25) is 0 Å². The Balaban J connectivity index is 1.67. The summed E-state index contributed by atoms with van der Waals surface area (Å²) in [7, 11) is -3.97. The maximum Gasteiger partial charge on any atom is 0.267 e. The first-order valence-corrected chi connectivity index (χ1v) is 11.6. The molecule has 31 heavy (non-hydrogen) atoms. The fraction of sp³-hybridized carbons (Fsp3) is 0.0952. The number of hydrogen-bond acceptors (Lipinski definition) is 4. The van der Waals surface area contributed by atoms with Gasteiger partial charge in [-0.15, -0.1) is 0 Å². The first kappa shape index (κ1) is 21.8. The van der Waals surface area contributed by atoms with E-state index in [1.165, 1.54) is 30.3 Å². The van der Waals surface area contributed by atoms with E-state index in [-0.39, 0.29) is 22.2 Å². The Morgan fingerprint density at radius 3 is 2.35 bits per heavy atom. The van der Waals surface area contributed by atoms with Crippen LogP contribution in [0.25, 0.3) is 0 Å². The molecular weight excluding hydrogens is 483 g/mol. The summed E-state index contributed by atoms with van der Waals surface area (Å²) < 4.78 is 33.6. The van der Waals surface area contributed by atoms with Crippen molar-refractivity contribution < 1.29 is 17.9 Å². The van der Waals surface area contributed by atoms with E-state index in [0.717, 1.165) is 4.31 Å². The maximum absolute atomic E-state index is 13.3. The highest BCUT2D eigenvalue weighted by atomic mass is 35.5. The molecule has 1 amide bonds. The molecule has 3 aromatic rings. The van der Waals surface area contributed by atoms with Gasteiger partial charge in [-0.1, -0.05) is 46.9 Å². The number of halogens is 3. The number of nitrogens with zero attached hydrogens (tertiary/aromatic N) is 1. The van der Waals surface area contributed by atoms with Gasteiger partial charge in [-0.05, 0) is 54.6 Å². The van der Waals surface area contributed by atoms with E-state index in [4.69, 9.17) is 39.5 Å². The molecule has 160 valence electrons. The topological polar surface area (TPSA) is 75.7 Å². The average Bonchev–Trinajstić information content (AvgIpc) is 2.75. The Hall–Kier alpha value is -2.45. The van der Waals surface area contributed by atoms with Crippen molar-refractivity contribution in [2.75, 3.05) is 16.2 Å². The van der Waals surface area contributed by atoms with E-state index in [1.54, 1.807) is 36.4 Å². The monoisotopic (exact) mass is 496 g/mol. The van der Waals surface area contributed by atoms with Gasteiger partial charge in [0.05, 0.1) is 27.8 Å². The fourth-order valence-corrected chi connectivity index (χ4v) is 5.16. The Labute approximate surface area is 194 Å². The molecule has 3 aromatic carbocycles. The summed E-state index contributed by atoms with van der Waals surface area (Å²) in [6, 6.07) is 17.1. The molecule has 0 saturated carbocycles. The van der Waals surface area contributed by atoms with Gasteiger partial charge >= 0.3 is 0 Å². The van der Waals surface area contributed by atoms with Crippen LogP contribution in [0.5, 0.6) is 5.75 Å². The number of carbonyl (C=O) groups excluding carboxylic acids is 1. The minimum atomic E-state index is -3.97. The summed E-state index contributed by atoms with van der Waals surface area (Å²) in [5, 5.41) is 3.75. The smallest absolute Gasteiger partial charge is 0.267 e. The number of sulfonamides is 1. The lowest BCUT2D eigenvalue weighted by atomic mass is 10.2. The summed E-state index contributed by atoms with van der Waals surface area (Å²) in [6.07, 6.45) is -1.11. The highest BCUT2D eigenvalue weighted by Crippen LogP contribution is 2.37. The molecule has 1 aliphatic heterocycles. The Kier molecular flexibility index (Phi) is 6.03. The molecule has 0 bridgehead atoms. The summed E-state index contributed by atoms with van der Waals surface area (Å²) in [5.41, 5.74) is 0.677. The number of rotatable bonds is 4. The molecule has 1 atom stereocenters. The van der Waals surface area contributed by atoms with Crippen LogP contribution in [0.1, 0.15) is 0 Å². The minimum Gasteiger partial charge on any atom is -0.476 e. The molecule has 10 heteroatoms. The van der Waals surface area contributed by atoms with Gasteiger partial charge in [0, 0.05) is 10.0 Å². The molecule has 0 aromatic heterocycles. The van der Waals surface area contributed by atoms with Gasteiger partial charge in [0.15, 0.2) is 6.10 Å². The fourth-order valence-electron chi connectivity index (χ4n) is 3.10. The predicted molar refractivity (Wildman–Crippen MR) is 122 cm³/mol. The van der Waals surface area contributed by atoms with E-state index < -0.39 is 22.0 Å². The zero-order chi connectivity index (χ0) is 22.2. The van der Waals surface area contributed by atoms with Gasteiger partial charge in [-0.25, -0.2) is 8.42 Å². The highest BCUT2D eigenvalue weighted by Gasteiger charge is 2.37. The van der Waals surface area contributed by atoms with Crippen molar-refractivity contribution in [2.24, 2.45) is 0 Å². The van der Waals surface area contributed by atoms with Crippen LogP contribution in [0.2, 0.25) is 15.1 Å². The maximum atomic E-state index is 13.3. The Bertz CT molecular complexity index is 1250. The number of hydrogen-bond donors (Lipinski definition) is 1. The van der Waals surface area contributed by atoms with Crippen molar-refractivity contribution in [1.82, 2.24) is 0 Å². The molecule has 0 radical (unpaired) electrons. The largest absolute Gasteiger partial charge is 0.476 e. The SMILES string of the molecule is O=C(Nc1ccc(Cl)cc1Cl)[C@@H]1CN(S(=O)(=O)c2ccc(Cl)cc2)c2ccccc2O1. The van der Waals surface area contributed by atoms with Crippen LogP contribution in [-0.2, 0) is 14.8 Å². The number of benzene rings is 3. The van der Waals surface area contributed by atoms with Crippen LogP contribution in [0.3, 0.4) is 0 Å².